The molecule has 0 amide bonds. The second kappa shape index (κ2) is 9.34. The zero-order valence-corrected chi connectivity index (χ0v) is 18.7. The standard InChI is InChI=1S/C19H23Cl2N5O2.ClH/c1-4-19(2,3)22-8-6-13(26-9-5-7-23-26)14-15(21)11(20)10-12-16(14)25-18(28)17(27)24-12;/h5,7,9-10,13,22H,4,6,8H2,1-3H3,(H,24,27)(H,25,28);1H. The topological polar surface area (TPSA) is 95.6 Å². The van der Waals surface area contributed by atoms with E-state index in [0.29, 0.717) is 39.6 Å². The average molecular weight is 461 g/mol. The van der Waals surface area contributed by atoms with Crippen molar-refractivity contribution >= 4 is 46.6 Å². The molecular weight excluding hydrogens is 437 g/mol. The van der Waals surface area contributed by atoms with Gasteiger partial charge in [0.05, 0.1) is 27.1 Å². The summed E-state index contributed by atoms with van der Waals surface area (Å²) in [4.78, 5) is 28.9. The van der Waals surface area contributed by atoms with E-state index in [9.17, 15) is 9.59 Å². The van der Waals surface area contributed by atoms with Crippen molar-refractivity contribution in [2.45, 2.75) is 45.2 Å². The lowest BCUT2D eigenvalue weighted by Gasteiger charge is -2.27. The van der Waals surface area contributed by atoms with Crippen LogP contribution in [0.4, 0.5) is 0 Å². The Labute approximate surface area is 184 Å². The third kappa shape index (κ3) is 5.04. The maximum absolute atomic E-state index is 12.0. The van der Waals surface area contributed by atoms with Crippen LogP contribution in [0.5, 0.6) is 0 Å². The lowest BCUT2D eigenvalue weighted by molar-refractivity contribution is 0.356. The number of aromatic amines is 2. The number of benzene rings is 1. The molecule has 2 aromatic heterocycles. The monoisotopic (exact) mass is 459 g/mol. The fourth-order valence-electron chi connectivity index (χ4n) is 3.09. The number of fused-ring (bicyclic) bond motifs is 1. The lowest BCUT2D eigenvalue weighted by Crippen LogP contribution is -2.39. The van der Waals surface area contributed by atoms with Crippen LogP contribution in [0.25, 0.3) is 11.0 Å². The maximum Gasteiger partial charge on any atom is 0.314 e. The van der Waals surface area contributed by atoms with Crippen molar-refractivity contribution in [3.8, 4) is 0 Å². The minimum absolute atomic E-state index is 0. The van der Waals surface area contributed by atoms with Crippen molar-refractivity contribution in [1.82, 2.24) is 25.1 Å². The molecule has 3 rings (SSSR count). The molecule has 3 N–H and O–H groups in total. The Kier molecular flexibility index (Phi) is 7.56. The third-order valence-electron chi connectivity index (χ3n) is 5.03. The molecule has 7 nitrogen and oxygen atoms in total. The Morgan fingerprint density at radius 2 is 1.93 bits per heavy atom. The molecule has 0 bridgehead atoms. The molecule has 0 aliphatic heterocycles. The van der Waals surface area contributed by atoms with E-state index in [0.717, 1.165) is 6.42 Å². The van der Waals surface area contributed by atoms with Gasteiger partial charge in [0.15, 0.2) is 0 Å². The average Bonchev–Trinajstić information content (AvgIpc) is 3.17. The van der Waals surface area contributed by atoms with E-state index in [1.807, 2.05) is 12.3 Å². The third-order valence-corrected chi connectivity index (χ3v) is 5.83. The molecule has 3 aromatic rings. The highest BCUT2D eigenvalue weighted by atomic mass is 35.5. The van der Waals surface area contributed by atoms with E-state index in [1.165, 1.54) is 0 Å². The SMILES string of the molecule is CCC(C)(C)NCCC(c1c(Cl)c(Cl)cc2[nH]c(=O)c(=O)[nH]c12)n1cccn1.Cl. The van der Waals surface area contributed by atoms with Gasteiger partial charge < -0.3 is 15.3 Å². The van der Waals surface area contributed by atoms with Gasteiger partial charge in [-0.25, -0.2) is 0 Å². The lowest BCUT2D eigenvalue weighted by atomic mass is 9.99. The second-order valence-corrected chi connectivity index (χ2v) is 8.16. The Balaban J connectivity index is 0.00000300. The van der Waals surface area contributed by atoms with Gasteiger partial charge in [-0.3, -0.25) is 14.3 Å². The molecule has 0 radical (unpaired) electrons. The van der Waals surface area contributed by atoms with Crippen LogP contribution < -0.4 is 16.4 Å². The van der Waals surface area contributed by atoms with E-state index < -0.39 is 11.1 Å². The molecule has 10 heteroatoms. The molecule has 1 unspecified atom stereocenters. The van der Waals surface area contributed by atoms with E-state index in [1.54, 1.807) is 16.9 Å². The first-order valence-corrected chi connectivity index (χ1v) is 9.87. The van der Waals surface area contributed by atoms with E-state index >= 15 is 0 Å². The first kappa shape index (κ1) is 23.5. The van der Waals surface area contributed by atoms with Crippen molar-refractivity contribution in [3.05, 3.63) is 60.8 Å². The fraction of sp³-hybridized carbons (Fsp3) is 0.421. The Morgan fingerprint density at radius 3 is 2.55 bits per heavy atom. The first-order valence-electron chi connectivity index (χ1n) is 9.12. The summed E-state index contributed by atoms with van der Waals surface area (Å²) in [5.74, 6) is 0. The minimum Gasteiger partial charge on any atom is -0.316 e. The highest BCUT2D eigenvalue weighted by Crippen LogP contribution is 2.37. The van der Waals surface area contributed by atoms with Crippen LogP contribution in [0, 0.1) is 0 Å². The van der Waals surface area contributed by atoms with Gasteiger partial charge in [0.2, 0.25) is 0 Å². The smallest absolute Gasteiger partial charge is 0.314 e. The quantitative estimate of drug-likeness (QED) is 0.466. The Bertz CT molecular complexity index is 1090. The zero-order valence-electron chi connectivity index (χ0n) is 16.4. The van der Waals surface area contributed by atoms with Crippen LogP contribution >= 0.6 is 35.6 Å². The number of halogens is 3. The van der Waals surface area contributed by atoms with Gasteiger partial charge in [-0.05, 0) is 45.4 Å². The van der Waals surface area contributed by atoms with E-state index in [4.69, 9.17) is 23.2 Å². The second-order valence-electron chi connectivity index (χ2n) is 7.37. The van der Waals surface area contributed by atoms with Crippen LogP contribution in [0.1, 0.15) is 45.2 Å². The number of H-pyrrole nitrogens is 2. The largest absolute Gasteiger partial charge is 0.316 e. The van der Waals surface area contributed by atoms with Gasteiger partial charge >= 0.3 is 11.1 Å². The number of nitrogens with zero attached hydrogens (tertiary/aromatic N) is 2. The minimum atomic E-state index is -0.739. The van der Waals surface area contributed by atoms with Gasteiger partial charge in [-0.2, -0.15) is 5.10 Å². The molecule has 0 spiro atoms. The first-order chi connectivity index (χ1) is 13.2. The summed E-state index contributed by atoms with van der Waals surface area (Å²) in [6.45, 7) is 7.10. The highest BCUT2D eigenvalue weighted by molar-refractivity contribution is 6.43. The van der Waals surface area contributed by atoms with Crippen molar-refractivity contribution in [2.24, 2.45) is 0 Å². The number of rotatable bonds is 7. The summed E-state index contributed by atoms with van der Waals surface area (Å²) in [5, 5.41) is 8.52. The summed E-state index contributed by atoms with van der Waals surface area (Å²) in [7, 11) is 0. The van der Waals surface area contributed by atoms with Crippen molar-refractivity contribution in [2.75, 3.05) is 6.54 Å². The molecule has 0 aliphatic rings. The molecule has 0 saturated heterocycles. The summed E-state index contributed by atoms with van der Waals surface area (Å²) in [6, 6.07) is 3.07. The number of nitrogens with one attached hydrogen (secondary N) is 3. The summed E-state index contributed by atoms with van der Waals surface area (Å²) in [6.07, 6.45) is 5.15. The number of hydrogen-bond donors (Lipinski definition) is 3. The predicted molar refractivity (Wildman–Crippen MR) is 120 cm³/mol. The summed E-state index contributed by atoms with van der Waals surface area (Å²) >= 11 is 12.9. The Morgan fingerprint density at radius 1 is 1.24 bits per heavy atom. The number of aromatic nitrogens is 4. The molecule has 0 saturated carbocycles. The molecule has 158 valence electrons. The summed E-state index contributed by atoms with van der Waals surface area (Å²) < 4.78 is 1.78. The molecule has 1 aromatic carbocycles. The summed E-state index contributed by atoms with van der Waals surface area (Å²) in [5.41, 5.74) is 0.0176. The zero-order chi connectivity index (χ0) is 20.5. The van der Waals surface area contributed by atoms with E-state index in [2.05, 4.69) is 41.2 Å². The molecule has 0 fully saturated rings. The number of hydrogen-bond acceptors (Lipinski definition) is 4. The fourth-order valence-corrected chi connectivity index (χ4v) is 3.57. The normalized spacial score (nSPS) is 12.7. The molecule has 29 heavy (non-hydrogen) atoms. The van der Waals surface area contributed by atoms with Crippen LogP contribution in [0.15, 0.2) is 34.1 Å². The van der Waals surface area contributed by atoms with Crippen molar-refractivity contribution < 1.29 is 0 Å². The van der Waals surface area contributed by atoms with Gasteiger partial charge in [-0.15, -0.1) is 12.4 Å². The van der Waals surface area contributed by atoms with Crippen LogP contribution in [-0.4, -0.2) is 31.8 Å². The van der Waals surface area contributed by atoms with Crippen molar-refractivity contribution in [3.63, 3.8) is 0 Å². The van der Waals surface area contributed by atoms with Gasteiger partial charge in [0.1, 0.15) is 0 Å². The van der Waals surface area contributed by atoms with Crippen molar-refractivity contribution in [1.29, 1.82) is 0 Å². The van der Waals surface area contributed by atoms with Gasteiger partial charge in [0, 0.05) is 23.5 Å². The van der Waals surface area contributed by atoms with E-state index in [-0.39, 0.29) is 24.0 Å². The highest BCUT2D eigenvalue weighted by Gasteiger charge is 2.24. The van der Waals surface area contributed by atoms with Crippen LogP contribution in [0.2, 0.25) is 10.0 Å². The van der Waals surface area contributed by atoms with Gasteiger partial charge in [0.25, 0.3) is 0 Å². The van der Waals surface area contributed by atoms with Crippen LogP contribution in [-0.2, 0) is 0 Å². The predicted octanol–water partition coefficient (Wildman–Crippen LogP) is 3.90. The van der Waals surface area contributed by atoms with Crippen LogP contribution in [0.3, 0.4) is 0 Å². The molecule has 0 aliphatic carbocycles. The molecule has 1 atom stereocenters. The molecule has 2 heterocycles. The maximum atomic E-state index is 12.0. The molecular formula is C19H24Cl3N5O2. The van der Waals surface area contributed by atoms with Gasteiger partial charge in [-0.1, -0.05) is 30.1 Å². The Hall–Kier alpha value is -1.80.